The fraction of sp³-hybridized carbons (Fsp3) is 0.529. The molecule has 1 aliphatic heterocycles. The monoisotopic (exact) mass is 301 g/mol. The lowest BCUT2D eigenvalue weighted by atomic mass is 10.1. The number of amides is 1. The van der Waals surface area contributed by atoms with Crippen molar-refractivity contribution >= 4 is 5.91 Å². The van der Waals surface area contributed by atoms with Gasteiger partial charge in [-0.25, -0.2) is 0 Å². The number of nitrogens with one attached hydrogen (secondary N) is 1. The minimum atomic E-state index is -0.222. The normalized spacial score (nSPS) is 14.5. The minimum absolute atomic E-state index is 0.0837. The van der Waals surface area contributed by atoms with Crippen LogP contribution in [0.3, 0.4) is 0 Å². The molecular formula is C17H23N3O2. The SMILES string of the molecule is N#CCC(=O)NCCc1cccc(OCCN2CCCC2)c1. The number of rotatable bonds is 8. The first-order valence-electron chi connectivity index (χ1n) is 7.85. The molecule has 0 radical (unpaired) electrons. The van der Waals surface area contributed by atoms with E-state index in [1.54, 1.807) is 0 Å². The molecule has 1 amide bonds. The molecule has 0 atom stereocenters. The molecule has 1 fully saturated rings. The molecule has 1 N–H and O–H groups in total. The van der Waals surface area contributed by atoms with E-state index in [0.717, 1.165) is 24.3 Å². The zero-order chi connectivity index (χ0) is 15.6. The van der Waals surface area contributed by atoms with Crippen molar-refractivity contribution in [2.24, 2.45) is 0 Å². The average molecular weight is 301 g/mol. The number of likely N-dealkylation sites (tertiary alicyclic amines) is 1. The molecule has 118 valence electrons. The van der Waals surface area contributed by atoms with Gasteiger partial charge in [0.25, 0.3) is 0 Å². The molecule has 0 aromatic heterocycles. The number of carbonyl (C=O) groups excluding carboxylic acids is 1. The molecule has 0 bridgehead atoms. The molecule has 0 spiro atoms. The van der Waals surface area contributed by atoms with Crippen molar-refractivity contribution in [3.63, 3.8) is 0 Å². The number of hydrogen-bond acceptors (Lipinski definition) is 4. The molecule has 1 aromatic carbocycles. The number of hydrogen-bond donors (Lipinski definition) is 1. The Balaban J connectivity index is 1.70. The second-order valence-electron chi connectivity index (χ2n) is 5.48. The van der Waals surface area contributed by atoms with Crippen LogP contribution in [-0.2, 0) is 11.2 Å². The van der Waals surface area contributed by atoms with Crippen LogP contribution in [0.2, 0.25) is 0 Å². The number of benzene rings is 1. The highest BCUT2D eigenvalue weighted by molar-refractivity contribution is 5.77. The van der Waals surface area contributed by atoms with Gasteiger partial charge in [-0.05, 0) is 50.0 Å². The van der Waals surface area contributed by atoms with Crippen molar-refractivity contribution in [3.05, 3.63) is 29.8 Å². The van der Waals surface area contributed by atoms with Crippen LogP contribution in [0, 0.1) is 11.3 Å². The second kappa shape index (κ2) is 9.06. The topological polar surface area (TPSA) is 65.4 Å². The van der Waals surface area contributed by atoms with Gasteiger partial charge in [0, 0.05) is 13.1 Å². The van der Waals surface area contributed by atoms with Crippen molar-refractivity contribution in [1.29, 1.82) is 5.26 Å². The largest absolute Gasteiger partial charge is 0.492 e. The predicted octanol–water partition coefficient (Wildman–Crippen LogP) is 1.73. The Kier molecular flexibility index (Phi) is 6.72. The maximum atomic E-state index is 11.2. The third kappa shape index (κ3) is 5.74. The summed E-state index contributed by atoms with van der Waals surface area (Å²) in [6.07, 6.45) is 3.25. The average Bonchev–Trinajstić information content (AvgIpc) is 3.01. The summed E-state index contributed by atoms with van der Waals surface area (Å²) < 4.78 is 5.80. The summed E-state index contributed by atoms with van der Waals surface area (Å²) in [5, 5.41) is 11.1. The minimum Gasteiger partial charge on any atom is -0.492 e. The Morgan fingerprint density at radius 2 is 2.18 bits per heavy atom. The van der Waals surface area contributed by atoms with Crippen LogP contribution >= 0.6 is 0 Å². The first kappa shape index (κ1) is 16.3. The molecule has 0 unspecified atom stereocenters. The first-order chi connectivity index (χ1) is 10.8. The van der Waals surface area contributed by atoms with Crippen LogP contribution in [0.15, 0.2) is 24.3 Å². The van der Waals surface area contributed by atoms with Gasteiger partial charge in [0.05, 0.1) is 6.07 Å². The van der Waals surface area contributed by atoms with Crippen molar-refractivity contribution in [2.75, 3.05) is 32.8 Å². The Labute approximate surface area is 131 Å². The first-order valence-corrected chi connectivity index (χ1v) is 7.85. The second-order valence-corrected chi connectivity index (χ2v) is 5.48. The lowest BCUT2D eigenvalue weighted by molar-refractivity contribution is -0.120. The van der Waals surface area contributed by atoms with E-state index in [4.69, 9.17) is 10.00 Å². The van der Waals surface area contributed by atoms with Gasteiger partial charge in [-0.15, -0.1) is 0 Å². The van der Waals surface area contributed by atoms with Crippen molar-refractivity contribution in [3.8, 4) is 11.8 Å². The highest BCUT2D eigenvalue weighted by atomic mass is 16.5. The highest BCUT2D eigenvalue weighted by Gasteiger charge is 2.10. The van der Waals surface area contributed by atoms with Crippen LogP contribution in [0.1, 0.15) is 24.8 Å². The van der Waals surface area contributed by atoms with Crippen LogP contribution in [0.25, 0.3) is 0 Å². The van der Waals surface area contributed by atoms with E-state index < -0.39 is 0 Å². The van der Waals surface area contributed by atoms with E-state index in [-0.39, 0.29) is 12.3 Å². The number of nitrogens with zero attached hydrogens (tertiary/aromatic N) is 2. The molecule has 1 aliphatic rings. The Bertz CT molecular complexity index is 519. The molecule has 2 rings (SSSR count). The van der Waals surface area contributed by atoms with Crippen molar-refractivity contribution in [1.82, 2.24) is 10.2 Å². The van der Waals surface area contributed by atoms with Gasteiger partial charge in [-0.2, -0.15) is 5.26 Å². The van der Waals surface area contributed by atoms with E-state index in [1.165, 1.54) is 25.9 Å². The van der Waals surface area contributed by atoms with E-state index in [2.05, 4.69) is 10.2 Å². The van der Waals surface area contributed by atoms with Crippen LogP contribution < -0.4 is 10.1 Å². The lowest BCUT2D eigenvalue weighted by Gasteiger charge is -2.15. The zero-order valence-corrected chi connectivity index (χ0v) is 12.9. The van der Waals surface area contributed by atoms with Crippen LogP contribution in [0.4, 0.5) is 0 Å². The van der Waals surface area contributed by atoms with Gasteiger partial charge >= 0.3 is 0 Å². The van der Waals surface area contributed by atoms with Crippen LogP contribution in [-0.4, -0.2) is 43.6 Å². The standard InChI is InChI=1S/C17H23N3O2/c18-8-6-17(21)19-9-7-15-4-3-5-16(14-15)22-13-12-20-10-1-2-11-20/h3-5,14H,1-2,6-7,9-13H2,(H,19,21). The van der Waals surface area contributed by atoms with Gasteiger partial charge in [0.15, 0.2) is 0 Å². The third-order valence-corrected chi connectivity index (χ3v) is 3.75. The van der Waals surface area contributed by atoms with Gasteiger partial charge < -0.3 is 10.1 Å². The molecule has 22 heavy (non-hydrogen) atoms. The Morgan fingerprint density at radius 1 is 1.36 bits per heavy atom. The summed E-state index contributed by atoms with van der Waals surface area (Å²) >= 11 is 0. The zero-order valence-electron chi connectivity index (χ0n) is 12.9. The number of ether oxygens (including phenoxy) is 1. The number of nitriles is 1. The summed E-state index contributed by atoms with van der Waals surface area (Å²) in [5.74, 6) is 0.653. The fourth-order valence-electron chi connectivity index (χ4n) is 2.57. The van der Waals surface area contributed by atoms with Crippen LogP contribution in [0.5, 0.6) is 5.75 Å². The molecule has 5 heteroatoms. The quantitative estimate of drug-likeness (QED) is 0.794. The fourth-order valence-corrected chi connectivity index (χ4v) is 2.57. The summed E-state index contributed by atoms with van der Waals surface area (Å²) in [6, 6.07) is 9.80. The van der Waals surface area contributed by atoms with E-state index in [1.807, 2.05) is 30.3 Å². The van der Waals surface area contributed by atoms with Crippen molar-refractivity contribution < 1.29 is 9.53 Å². The summed E-state index contributed by atoms with van der Waals surface area (Å²) in [5.41, 5.74) is 1.12. The molecule has 0 saturated carbocycles. The van der Waals surface area contributed by atoms with E-state index in [9.17, 15) is 4.79 Å². The molecule has 1 aromatic rings. The summed E-state index contributed by atoms with van der Waals surface area (Å²) in [7, 11) is 0. The van der Waals surface area contributed by atoms with Gasteiger partial charge in [0.2, 0.25) is 5.91 Å². The van der Waals surface area contributed by atoms with Gasteiger partial charge in [0.1, 0.15) is 18.8 Å². The Hall–Kier alpha value is -2.06. The number of carbonyl (C=O) groups is 1. The smallest absolute Gasteiger partial charge is 0.234 e. The third-order valence-electron chi connectivity index (χ3n) is 3.75. The van der Waals surface area contributed by atoms with Crippen molar-refractivity contribution in [2.45, 2.75) is 25.7 Å². The predicted molar refractivity (Wildman–Crippen MR) is 84.6 cm³/mol. The van der Waals surface area contributed by atoms with E-state index in [0.29, 0.717) is 13.2 Å². The maximum Gasteiger partial charge on any atom is 0.234 e. The lowest BCUT2D eigenvalue weighted by Crippen LogP contribution is -2.25. The molecular weight excluding hydrogens is 278 g/mol. The molecule has 1 heterocycles. The summed E-state index contributed by atoms with van der Waals surface area (Å²) in [6.45, 7) is 4.60. The maximum absolute atomic E-state index is 11.2. The van der Waals surface area contributed by atoms with E-state index >= 15 is 0 Å². The van der Waals surface area contributed by atoms with Gasteiger partial charge in [-0.3, -0.25) is 9.69 Å². The van der Waals surface area contributed by atoms with Gasteiger partial charge in [-0.1, -0.05) is 12.1 Å². The molecule has 0 aliphatic carbocycles. The molecule has 1 saturated heterocycles. The highest BCUT2D eigenvalue weighted by Crippen LogP contribution is 2.14. The summed E-state index contributed by atoms with van der Waals surface area (Å²) in [4.78, 5) is 13.6. The Morgan fingerprint density at radius 3 is 2.95 bits per heavy atom. The molecule has 5 nitrogen and oxygen atoms in total.